The molecular weight excluding hydrogens is 356 g/mol. The van der Waals surface area contributed by atoms with E-state index in [1.165, 1.54) is 0 Å². The summed E-state index contributed by atoms with van der Waals surface area (Å²) in [6, 6.07) is 7.54. The molecule has 1 aromatic carbocycles. The van der Waals surface area contributed by atoms with Crippen molar-refractivity contribution in [3.8, 4) is 11.4 Å². The second kappa shape index (κ2) is 7.66. The van der Waals surface area contributed by atoms with Crippen molar-refractivity contribution >= 4 is 11.8 Å². The van der Waals surface area contributed by atoms with Gasteiger partial charge < -0.3 is 14.5 Å². The van der Waals surface area contributed by atoms with Gasteiger partial charge in [-0.2, -0.15) is 5.10 Å². The first-order chi connectivity index (χ1) is 13.2. The van der Waals surface area contributed by atoms with Gasteiger partial charge >= 0.3 is 0 Å². The Hall–Kier alpha value is -2.83. The lowest BCUT2D eigenvalue weighted by Gasteiger charge is -2.37. The quantitative estimate of drug-likeness (QED) is 0.816. The fourth-order valence-corrected chi connectivity index (χ4v) is 3.30. The molecule has 0 saturated carbocycles. The predicted octanol–water partition coefficient (Wildman–Crippen LogP) is 2.52. The summed E-state index contributed by atoms with van der Waals surface area (Å²) < 4.78 is 7.07. The Kier molecular flexibility index (Phi) is 5.45. The molecule has 2 amide bonds. The van der Waals surface area contributed by atoms with Crippen LogP contribution in [0.15, 0.2) is 30.5 Å². The third-order valence-electron chi connectivity index (χ3n) is 4.89. The fraction of sp³-hybridized carbons (Fsp3) is 0.476. The van der Waals surface area contributed by atoms with Crippen molar-refractivity contribution in [2.45, 2.75) is 27.7 Å². The maximum Gasteiger partial charge on any atom is 0.274 e. The number of hydrogen-bond donors (Lipinski definition) is 0. The zero-order valence-corrected chi connectivity index (χ0v) is 17.2. The van der Waals surface area contributed by atoms with E-state index in [1.54, 1.807) is 29.0 Å². The Morgan fingerprint density at radius 2 is 1.68 bits per heavy atom. The number of amides is 2. The lowest BCUT2D eigenvalue weighted by atomic mass is 9.94. The summed E-state index contributed by atoms with van der Waals surface area (Å²) in [7, 11) is 1.61. The Morgan fingerprint density at radius 1 is 1.04 bits per heavy atom. The molecule has 1 fully saturated rings. The van der Waals surface area contributed by atoms with Crippen LogP contribution in [0.3, 0.4) is 0 Å². The van der Waals surface area contributed by atoms with Gasteiger partial charge in [0.15, 0.2) is 5.69 Å². The topological polar surface area (TPSA) is 67.7 Å². The van der Waals surface area contributed by atoms with Crippen molar-refractivity contribution in [3.05, 3.63) is 41.7 Å². The van der Waals surface area contributed by atoms with Crippen LogP contribution in [0.2, 0.25) is 0 Å². The van der Waals surface area contributed by atoms with Gasteiger partial charge in [-0.25, -0.2) is 4.68 Å². The van der Waals surface area contributed by atoms with Crippen molar-refractivity contribution in [2.75, 3.05) is 33.3 Å². The number of hydrogen-bond acceptors (Lipinski definition) is 4. The van der Waals surface area contributed by atoms with Gasteiger partial charge in [0.1, 0.15) is 11.4 Å². The van der Waals surface area contributed by atoms with Gasteiger partial charge in [-0.1, -0.05) is 26.8 Å². The molecule has 1 saturated heterocycles. The fourth-order valence-electron chi connectivity index (χ4n) is 3.30. The highest BCUT2D eigenvalue weighted by atomic mass is 16.5. The maximum atomic E-state index is 12.9. The molecule has 1 aliphatic rings. The lowest BCUT2D eigenvalue weighted by Crippen LogP contribution is -2.53. The van der Waals surface area contributed by atoms with E-state index in [0.717, 1.165) is 11.3 Å². The number of carbonyl (C=O) groups excluding carboxylic acids is 2. The molecule has 1 aliphatic heterocycles. The number of methoxy groups -OCH3 is 1. The van der Waals surface area contributed by atoms with Gasteiger partial charge in [0.05, 0.1) is 7.11 Å². The van der Waals surface area contributed by atoms with Crippen LogP contribution in [-0.4, -0.2) is 64.7 Å². The number of aromatic nitrogens is 2. The molecule has 0 N–H and O–H groups in total. The van der Waals surface area contributed by atoms with Crippen molar-refractivity contribution in [2.24, 2.45) is 5.41 Å². The van der Waals surface area contributed by atoms with E-state index in [2.05, 4.69) is 5.10 Å². The van der Waals surface area contributed by atoms with Crippen molar-refractivity contribution < 1.29 is 14.3 Å². The van der Waals surface area contributed by atoms with Crippen molar-refractivity contribution in [1.29, 1.82) is 0 Å². The smallest absolute Gasteiger partial charge is 0.274 e. The van der Waals surface area contributed by atoms with E-state index in [0.29, 0.717) is 37.6 Å². The number of aryl methyl sites for hydroxylation is 1. The molecule has 0 bridgehead atoms. The zero-order valence-electron chi connectivity index (χ0n) is 17.2. The van der Waals surface area contributed by atoms with Crippen LogP contribution < -0.4 is 4.74 Å². The van der Waals surface area contributed by atoms with E-state index < -0.39 is 5.41 Å². The second-order valence-electron chi connectivity index (χ2n) is 8.16. The zero-order chi connectivity index (χ0) is 20.5. The lowest BCUT2D eigenvalue weighted by molar-refractivity contribution is -0.140. The number of piperazine rings is 1. The number of benzene rings is 1. The second-order valence-corrected chi connectivity index (χ2v) is 8.16. The molecule has 3 rings (SSSR count). The summed E-state index contributed by atoms with van der Waals surface area (Å²) in [5, 5.41) is 4.46. The van der Waals surface area contributed by atoms with Crippen LogP contribution in [-0.2, 0) is 4.79 Å². The van der Waals surface area contributed by atoms with E-state index in [1.807, 2.05) is 50.8 Å². The molecule has 2 aromatic rings. The first-order valence-electron chi connectivity index (χ1n) is 9.50. The molecule has 7 nitrogen and oxygen atoms in total. The molecule has 0 aliphatic carbocycles. The van der Waals surface area contributed by atoms with E-state index in [-0.39, 0.29) is 11.8 Å². The van der Waals surface area contributed by atoms with Gasteiger partial charge in [-0.05, 0) is 30.7 Å². The van der Waals surface area contributed by atoms with E-state index in [9.17, 15) is 9.59 Å². The molecule has 150 valence electrons. The van der Waals surface area contributed by atoms with Crippen LogP contribution >= 0.6 is 0 Å². The molecule has 1 aromatic heterocycles. The number of nitrogens with zero attached hydrogens (tertiary/aromatic N) is 4. The molecule has 28 heavy (non-hydrogen) atoms. The summed E-state index contributed by atoms with van der Waals surface area (Å²) >= 11 is 0. The summed E-state index contributed by atoms with van der Waals surface area (Å²) in [5.41, 5.74) is 1.86. The average molecular weight is 384 g/mol. The Labute approximate surface area is 165 Å². The third-order valence-corrected chi connectivity index (χ3v) is 4.89. The van der Waals surface area contributed by atoms with Gasteiger partial charge in [-0.15, -0.1) is 0 Å². The Bertz CT molecular complexity index is 874. The summed E-state index contributed by atoms with van der Waals surface area (Å²) in [5.74, 6) is 0.700. The predicted molar refractivity (Wildman–Crippen MR) is 107 cm³/mol. The van der Waals surface area contributed by atoms with Gasteiger partial charge in [0.2, 0.25) is 5.91 Å². The Balaban J connectivity index is 1.71. The highest BCUT2D eigenvalue weighted by Crippen LogP contribution is 2.24. The van der Waals surface area contributed by atoms with Crippen LogP contribution in [0.5, 0.6) is 5.75 Å². The minimum absolute atomic E-state index is 0.117. The molecular formula is C21H28N4O3. The van der Waals surface area contributed by atoms with Gasteiger partial charge in [0, 0.05) is 37.8 Å². The molecule has 7 heteroatoms. The molecule has 2 heterocycles. The maximum absolute atomic E-state index is 12.9. The minimum Gasteiger partial charge on any atom is -0.494 e. The summed E-state index contributed by atoms with van der Waals surface area (Å²) in [6.45, 7) is 9.87. The van der Waals surface area contributed by atoms with Gasteiger partial charge in [-0.3, -0.25) is 9.59 Å². The highest BCUT2D eigenvalue weighted by Gasteiger charge is 2.31. The average Bonchev–Trinajstić information content (AvgIpc) is 3.16. The first kappa shape index (κ1) is 19.9. The molecule has 0 unspecified atom stereocenters. The van der Waals surface area contributed by atoms with Crippen molar-refractivity contribution in [3.63, 3.8) is 0 Å². The SMILES string of the molecule is COc1ccc(C)cc1-n1ccc(C(=O)N2CCN(C(=O)C(C)(C)C)CC2)n1. The summed E-state index contributed by atoms with van der Waals surface area (Å²) in [4.78, 5) is 28.9. The monoisotopic (exact) mass is 384 g/mol. The standard InChI is InChI=1S/C21H28N4O3/c1-15-6-7-18(28-5)17(14-15)25-9-8-16(22-25)19(26)23-10-12-24(13-11-23)20(27)21(2,3)4/h6-9,14H,10-13H2,1-5H3. The normalized spacial score (nSPS) is 14.9. The van der Waals surface area contributed by atoms with Crippen LogP contribution in [0.4, 0.5) is 0 Å². The third kappa shape index (κ3) is 4.03. The van der Waals surface area contributed by atoms with Crippen LogP contribution in [0.25, 0.3) is 5.69 Å². The molecule has 0 radical (unpaired) electrons. The minimum atomic E-state index is -0.405. The van der Waals surface area contributed by atoms with E-state index in [4.69, 9.17) is 4.74 Å². The van der Waals surface area contributed by atoms with E-state index >= 15 is 0 Å². The number of carbonyl (C=O) groups is 2. The highest BCUT2D eigenvalue weighted by molar-refractivity contribution is 5.92. The molecule has 0 spiro atoms. The number of rotatable bonds is 3. The first-order valence-corrected chi connectivity index (χ1v) is 9.50. The van der Waals surface area contributed by atoms with Crippen molar-refractivity contribution in [1.82, 2.24) is 19.6 Å². The Morgan fingerprint density at radius 3 is 2.29 bits per heavy atom. The number of ether oxygens (including phenoxy) is 1. The van der Waals surface area contributed by atoms with Gasteiger partial charge in [0.25, 0.3) is 5.91 Å². The van der Waals surface area contributed by atoms with Crippen LogP contribution in [0.1, 0.15) is 36.8 Å². The largest absolute Gasteiger partial charge is 0.494 e. The molecule has 0 atom stereocenters. The summed E-state index contributed by atoms with van der Waals surface area (Å²) in [6.07, 6.45) is 1.77. The van der Waals surface area contributed by atoms with Crippen LogP contribution in [0, 0.1) is 12.3 Å².